The lowest BCUT2D eigenvalue weighted by molar-refractivity contribution is 0.0997. The molecular formula is C12H17NO4S. The number of nitrogens with two attached hydrogens (primary N) is 1. The zero-order valence-electron chi connectivity index (χ0n) is 10.7. The molecule has 0 aromatic heterocycles. The summed E-state index contributed by atoms with van der Waals surface area (Å²) in [5.41, 5.74) is 6.01. The molecule has 0 spiro atoms. The summed E-state index contributed by atoms with van der Waals surface area (Å²) in [7, 11) is -1.95. The van der Waals surface area contributed by atoms with Gasteiger partial charge in [-0.05, 0) is 24.1 Å². The number of methoxy groups -OCH3 is 1. The zero-order valence-corrected chi connectivity index (χ0v) is 11.5. The molecule has 2 N–H and O–H groups in total. The van der Waals surface area contributed by atoms with Crippen molar-refractivity contribution in [3.05, 3.63) is 23.3 Å². The van der Waals surface area contributed by atoms with Crippen LogP contribution in [0.2, 0.25) is 0 Å². The Kier molecular flexibility index (Phi) is 4.34. The molecule has 0 atom stereocenters. The van der Waals surface area contributed by atoms with Gasteiger partial charge in [-0.2, -0.15) is 0 Å². The van der Waals surface area contributed by atoms with E-state index in [4.69, 9.17) is 10.5 Å². The second kappa shape index (κ2) is 5.39. The number of benzene rings is 1. The van der Waals surface area contributed by atoms with E-state index < -0.39 is 15.7 Å². The third kappa shape index (κ3) is 2.64. The summed E-state index contributed by atoms with van der Waals surface area (Å²) < 4.78 is 28.8. The van der Waals surface area contributed by atoms with Crippen LogP contribution in [-0.4, -0.2) is 27.2 Å². The lowest BCUT2D eigenvalue weighted by Gasteiger charge is -2.13. The molecule has 5 nitrogen and oxygen atoms in total. The van der Waals surface area contributed by atoms with E-state index in [-0.39, 0.29) is 16.2 Å². The molecule has 0 saturated carbocycles. The third-order valence-corrected chi connectivity index (χ3v) is 4.44. The lowest BCUT2D eigenvalue weighted by atomic mass is 10.1. The van der Waals surface area contributed by atoms with Crippen LogP contribution in [0.25, 0.3) is 0 Å². The van der Waals surface area contributed by atoms with Crippen LogP contribution in [0.5, 0.6) is 5.75 Å². The summed E-state index contributed by atoms with van der Waals surface area (Å²) in [6.45, 7) is 3.40. The van der Waals surface area contributed by atoms with Crippen molar-refractivity contribution in [2.24, 2.45) is 5.73 Å². The highest BCUT2D eigenvalue weighted by atomic mass is 32.2. The number of sulfone groups is 1. The van der Waals surface area contributed by atoms with Crippen molar-refractivity contribution in [3.8, 4) is 5.75 Å². The second-order valence-corrected chi connectivity index (χ2v) is 6.06. The van der Waals surface area contributed by atoms with Gasteiger partial charge in [0.15, 0.2) is 9.84 Å². The van der Waals surface area contributed by atoms with Crippen LogP contribution in [0.4, 0.5) is 0 Å². The Bertz CT molecular complexity index is 564. The predicted octanol–water partition coefficient (Wildman–Crippen LogP) is 1.15. The second-order valence-electron chi connectivity index (χ2n) is 3.78. The summed E-state index contributed by atoms with van der Waals surface area (Å²) in [5, 5.41) is 0. The maximum Gasteiger partial charge on any atom is 0.252 e. The van der Waals surface area contributed by atoms with Crippen molar-refractivity contribution in [2.45, 2.75) is 25.2 Å². The summed E-state index contributed by atoms with van der Waals surface area (Å²) in [6, 6.07) is 2.81. The summed E-state index contributed by atoms with van der Waals surface area (Å²) >= 11 is 0. The maximum absolute atomic E-state index is 11.9. The SMILES string of the molecule is CCc1cc(S(=O)(=O)CC)cc(C(N)=O)c1OC. The van der Waals surface area contributed by atoms with Crippen LogP contribution in [0.1, 0.15) is 29.8 Å². The van der Waals surface area contributed by atoms with Crippen LogP contribution >= 0.6 is 0 Å². The van der Waals surface area contributed by atoms with Gasteiger partial charge < -0.3 is 10.5 Å². The first-order valence-corrected chi connectivity index (χ1v) is 7.26. The Hall–Kier alpha value is -1.56. The van der Waals surface area contributed by atoms with Crippen LogP contribution in [-0.2, 0) is 16.3 Å². The number of hydrogen-bond donors (Lipinski definition) is 1. The molecule has 0 aliphatic carbocycles. The van der Waals surface area contributed by atoms with Gasteiger partial charge in [0.1, 0.15) is 5.75 Å². The number of carbonyl (C=O) groups is 1. The van der Waals surface area contributed by atoms with E-state index in [1.54, 1.807) is 6.92 Å². The molecule has 0 heterocycles. The first-order chi connectivity index (χ1) is 8.37. The van der Waals surface area contributed by atoms with Crippen LogP contribution in [0.3, 0.4) is 0 Å². The molecular weight excluding hydrogens is 254 g/mol. The minimum atomic E-state index is -3.38. The maximum atomic E-state index is 11.9. The Morgan fingerprint density at radius 2 is 1.94 bits per heavy atom. The highest BCUT2D eigenvalue weighted by molar-refractivity contribution is 7.91. The Balaban J connectivity index is 3.61. The van der Waals surface area contributed by atoms with E-state index in [0.29, 0.717) is 17.7 Å². The van der Waals surface area contributed by atoms with Gasteiger partial charge in [-0.3, -0.25) is 4.79 Å². The summed E-state index contributed by atoms with van der Waals surface area (Å²) in [5.74, 6) is -0.379. The number of rotatable bonds is 5. The van der Waals surface area contributed by atoms with E-state index in [1.165, 1.54) is 19.2 Å². The van der Waals surface area contributed by atoms with Gasteiger partial charge in [0.2, 0.25) is 0 Å². The van der Waals surface area contributed by atoms with Crippen molar-refractivity contribution in [1.29, 1.82) is 0 Å². The fourth-order valence-corrected chi connectivity index (χ4v) is 2.65. The standard InChI is InChI=1S/C12H17NO4S/c1-4-8-6-9(18(15,16)5-2)7-10(12(13)14)11(8)17-3/h6-7H,4-5H2,1-3H3,(H2,13,14). The number of ether oxygens (including phenoxy) is 1. The highest BCUT2D eigenvalue weighted by Crippen LogP contribution is 2.28. The molecule has 0 fully saturated rings. The highest BCUT2D eigenvalue weighted by Gasteiger charge is 2.20. The van der Waals surface area contributed by atoms with Crippen molar-refractivity contribution in [2.75, 3.05) is 12.9 Å². The zero-order chi connectivity index (χ0) is 13.9. The fraction of sp³-hybridized carbons (Fsp3) is 0.417. The number of primary amides is 1. The predicted molar refractivity (Wildman–Crippen MR) is 68.6 cm³/mol. The molecule has 0 aliphatic rings. The normalized spacial score (nSPS) is 11.3. The summed E-state index contributed by atoms with van der Waals surface area (Å²) in [4.78, 5) is 11.5. The molecule has 0 bridgehead atoms. The lowest BCUT2D eigenvalue weighted by Crippen LogP contribution is -2.15. The Morgan fingerprint density at radius 3 is 2.33 bits per heavy atom. The van der Waals surface area contributed by atoms with Crippen LogP contribution in [0, 0.1) is 0 Å². The average Bonchev–Trinajstić information content (AvgIpc) is 2.36. The average molecular weight is 271 g/mol. The molecule has 0 unspecified atom stereocenters. The number of hydrogen-bond acceptors (Lipinski definition) is 4. The quantitative estimate of drug-likeness (QED) is 0.870. The molecule has 0 saturated heterocycles. The Morgan fingerprint density at radius 1 is 1.33 bits per heavy atom. The van der Waals surface area contributed by atoms with E-state index in [0.717, 1.165) is 0 Å². The smallest absolute Gasteiger partial charge is 0.252 e. The molecule has 6 heteroatoms. The molecule has 1 aromatic carbocycles. The van der Waals surface area contributed by atoms with Gasteiger partial charge in [-0.25, -0.2) is 8.42 Å². The van der Waals surface area contributed by atoms with Gasteiger partial charge >= 0.3 is 0 Å². The molecule has 1 rings (SSSR count). The van der Waals surface area contributed by atoms with E-state index in [1.807, 2.05) is 6.92 Å². The fourth-order valence-electron chi connectivity index (χ4n) is 1.69. The van der Waals surface area contributed by atoms with E-state index in [2.05, 4.69) is 0 Å². The Labute approximate surface area is 107 Å². The molecule has 100 valence electrons. The largest absolute Gasteiger partial charge is 0.496 e. The van der Waals surface area contributed by atoms with Crippen LogP contribution < -0.4 is 10.5 Å². The summed E-state index contributed by atoms with van der Waals surface area (Å²) in [6.07, 6.45) is 0.552. The van der Waals surface area contributed by atoms with E-state index >= 15 is 0 Å². The van der Waals surface area contributed by atoms with Gasteiger partial charge in [-0.1, -0.05) is 13.8 Å². The van der Waals surface area contributed by atoms with Crippen molar-refractivity contribution in [1.82, 2.24) is 0 Å². The molecule has 0 radical (unpaired) electrons. The minimum absolute atomic E-state index is 0.0271. The number of carbonyl (C=O) groups excluding carboxylic acids is 1. The first-order valence-electron chi connectivity index (χ1n) is 5.60. The number of aryl methyl sites for hydroxylation is 1. The van der Waals surface area contributed by atoms with Gasteiger partial charge in [0.25, 0.3) is 5.91 Å². The molecule has 1 amide bonds. The van der Waals surface area contributed by atoms with Crippen LogP contribution in [0.15, 0.2) is 17.0 Å². The minimum Gasteiger partial charge on any atom is -0.496 e. The van der Waals surface area contributed by atoms with E-state index in [9.17, 15) is 13.2 Å². The third-order valence-electron chi connectivity index (χ3n) is 2.73. The first kappa shape index (κ1) is 14.5. The van der Waals surface area contributed by atoms with Gasteiger partial charge in [0.05, 0.1) is 23.3 Å². The number of amides is 1. The molecule has 0 aliphatic heterocycles. The monoisotopic (exact) mass is 271 g/mol. The van der Waals surface area contributed by atoms with Crippen molar-refractivity contribution in [3.63, 3.8) is 0 Å². The van der Waals surface area contributed by atoms with Crippen molar-refractivity contribution >= 4 is 15.7 Å². The molecule has 1 aromatic rings. The van der Waals surface area contributed by atoms with Crippen molar-refractivity contribution < 1.29 is 17.9 Å². The van der Waals surface area contributed by atoms with Gasteiger partial charge in [0, 0.05) is 0 Å². The topological polar surface area (TPSA) is 86.5 Å². The van der Waals surface area contributed by atoms with Gasteiger partial charge in [-0.15, -0.1) is 0 Å². The molecule has 18 heavy (non-hydrogen) atoms.